The Bertz CT molecular complexity index is 185. The second kappa shape index (κ2) is 4.52. The summed E-state index contributed by atoms with van der Waals surface area (Å²) in [6.07, 6.45) is -5.27. The topological polar surface area (TPSA) is 92.9 Å². The smallest absolute Gasteiger partial charge is 0.216 e. The SMILES string of the molecule is C[O+](C)[C@@H]1[C@@H](O)[C@H](O)O[C@H](CO)[C@@H]1O. The number of aliphatic hydroxyl groups is 4. The molecule has 0 radical (unpaired) electrons. The van der Waals surface area contributed by atoms with E-state index in [1.54, 1.807) is 14.2 Å². The maximum Gasteiger partial charge on any atom is 0.216 e. The van der Waals surface area contributed by atoms with Crippen molar-refractivity contribution in [1.29, 1.82) is 0 Å². The zero-order valence-corrected chi connectivity index (χ0v) is 8.20. The van der Waals surface area contributed by atoms with Crippen LogP contribution in [0.25, 0.3) is 0 Å². The van der Waals surface area contributed by atoms with Crippen LogP contribution in [0.4, 0.5) is 0 Å². The third-order valence-corrected chi connectivity index (χ3v) is 2.38. The fourth-order valence-electron chi connectivity index (χ4n) is 1.62. The number of aliphatic hydroxyl groups excluding tert-OH is 4. The summed E-state index contributed by atoms with van der Waals surface area (Å²) in [6.45, 7) is -0.407. The first kappa shape index (κ1) is 11.8. The Morgan fingerprint density at radius 2 is 1.71 bits per heavy atom. The molecule has 0 bridgehead atoms. The first-order valence-corrected chi connectivity index (χ1v) is 4.36. The standard InChI is InChI=1S/C8H17O6/c1-14(2)7-5(10)4(3-9)13-8(12)6(7)11/h4-12H,3H2,1-2H3/q+1/t4-,5+,6-,7+,8-/m1/s1. The van der Waals surface area contributed by atoms with Crippen LogP contribution in [0, 0.1) is 0 Å². The molecule has 1 heterocycles. The van der Waals surface area contributed by atoms with Crippen LogP contribution in [0.15, 0.2) is 0 Å². The molecule has 1 rings (SSSR count). The summed E-state index contributed by atoms with van der Waals surface area (Å²) in [5, 5.41) is 37.3. The van der Waals surface area contributed by atoms with Gasteiger partial charge in [0.05, 0.1) is 6.61 Å². The normalized spacial score (nSPS) is 44.4. The van der Waals surface area contributed by atoms with Gasteiger partial charge in [0.25, 0.3) is 0 Å². The van der Waals surface area contributed by atoms with E-state index >= 15 is 0 Å². The Morgan fingerprint density at radius 1 is 1.14 bits per heavy atom. The van der Waals surface area contributed by atoms with E-state index in [4.69, 9.17) is 9.84 Å². The molecule has 0 aromatic rings. The molecule has 4 N–H and O–H groups in total. The average molecular weight is 209 g/mol. The molecule has 1 saturated heterocycles. The predicted octanol–water partition coefficient (Wildman–Crippen LogP) is -2.40. The molecular formula is C8H17O6+. The van der Waals surface area contributed by atoms with Crippen LogP contribution in [-0.4, -0.2) is 72.0 Å². The Hall–Kier alpha value is -0.240. The van der Waals surface area contributed by atoms with Crippen LogP contribution in [0.2, 0.25) is 0 Å². The fraction of sp³-hybridized carbons (Fsp3) is 1.00. The van der Waals surface area contributed by atoms with Crippen LogP contribution < -0.4 is 0 Å². The third kappa shape index (κ3) is 2.05. The summed E-state index contributed by atoms with van der Waals surface area (Å²) >= 11 is 0. The van der Waals surface area contributed by atoms with Gasteiger partial charge in [0.1, 0.15) is 20.3 Å². The lowest BCUT2D eigenvalue weighted by atomic mass is 9.99. The van der Waals surface area contributed by atoms with E-state index in [1.165, 1.54) is 0 Å². The van der Waals surface area contributed by atoms with Crippen molar-refractivity contribution in [3.05, 3.63) is 0 Å². The monoisotopic (exact) mass is 209 g/mol. The van der Waals surface area contributed by atoms with Gasteiger partial charge < -0.3 is 29.5 Å². The molecule has 5 atom stereocenters. The second-order valence-corrected chi connectivity index (χ2v) is 3.57. The quantitative estimate of drug-likeness (QED) is 0.380. The molecule has 0 amide bonds. The molecule has 0 aromatic carbocycles. The van der Waals surface area contributed by atoms with Crippen molar-refractivity contribution in [2.75, 3.05) is 20.8 Å². The minimum absolute atomic E-state index is 0.407. The van der Waals surface area contributed by atoms with E-state index in [0.717, 1.165) is 0 Å². The minimum Gasteiger partial charge on any atom is -0.420 e. The van der Waals surface area contributed by atoms with Crippen molar-refractivity contribution in [3.63, 3.8) is 0 Å². The minimum atomic E-state index is -1.39. The highest BCUT2D eigenvalue weighted by Crippen LogP contribution is 2.24. The average Bonchev–Trinajstić information content (AvgIpc) is 2.11. The molecule has 1 aliphatic heterocycles. The van der Waals surface area contributed by atoms with Crippen LogP contribution in [0.5, 0.6) is 0 Å². The fourth-order valence-corrected chi connectivity index (χ4v) is 1.62. The summed E-state index contributed by atoms with van der Waals surface area (Å²) < 4.78 is 7.18. The first-order valence-electron chi connectivity index (χ1n) is 4.36. The molecule has 6 heteroatoms. The highest BCUT2D eigenvalue weighted by Gasteiger charge is 2.49. The number of hydrogen-bond acceptors (Lipinski definition) is 5. The largest absolute Gasteiger partial charge is 0.420 e. The molecule has 0 unspecified atom stereocenters. The van der Waals surface area contributed by atoms with Gasteiger partial charge in [-0.1, -0.05) is 0 Å². The number of ether oxygens (including phenoxy) is 1. The van der Waals surface area contributed by atoms with E-state index in [9.17, 15) is 15.3 Å². The molecular weight excluding hydrogens is 192 g/mol. The van der Waals surface area contributed by atoms with E-state index in [2.05, 4.69) is 4.37 Å². The second-order valence-electron chi connectivity index (χ2n) is 3.57. The van der Waals surface area contributed by atoms with Crippen LogP contribution in [-0.2, 0) is 9.10 Å². The van der Waals surface area contributed by atoms with Gasteiger partial charge in [-0.2, -0.15) is 0 Å². The zero-order chi connectivity index (χ0) is 10.9. The van der Waals surface area contributed by atoms with E-state index < -0.39 is 37.3 Å². The van der Waals surface area contributed by atoms with Gasteiger partial charge in [0.15, 0.2) is 18.5 Å². The van der Waals surface area contributed by atoms with Crippen molar-refractivity contribution >= 4 is 0 Å². The van der Waals surface area contributed by atoms with Crippen LogP contribution in [0.1, 0.15) is 0 Å². The summed E-state index contributed by atoms with van der Waals surface area (Å²) in [7, 11) is 3.17. The highest BCUT2D eigenvalue weighted by molar-refractivity contribution is 4.90. The first-order chi connectivity index (χ1) is 6.49. The molecule has 0 spiro atoms. The van der Waals surface area contributed by atoms with Gasteiger partial charge in [-0.15, -0.1) is 0 Å². The summed E-state index contributed by atoms with van der Waals surface area (Å²) in [6, 6.07) is 0. The molecule has 0 aliphatic carbocycles. The summed E-state index contributed by atoms with van der Waals surface area (Å²) in [5.74, 6) is 0. The van der Waals surface area contributed by atoms with Gasteiger partial charge in [0, 0.05) is 0 Å². The summed E-state index contributed by atoms with van der Waals surface area (Å²) in [4.78, 5) is 0. The molecule has 84 valence electrons. The van der Waals surface area contributed by atoms with Crippen molar-refractivity contribution < 1.29 is 29.5 Å². The Morgan fingerprint density at radius 3 is 2.14 bits per heavy atom. The maximum atomic E-state index is 9.67. The Kier molecular flexibility index (Phi) is 3.82. The number of rotatable bonds is 2. The van der Waals surface area contributed by atoms with Gasteiger partial charge in [0.2, 0.25) is 6.10 Å². The van der Waals surface area contributed by atoms with Crippen molar-refractivity contribution in [1.82, 2.24) is 0 Å². The van der Waals surface area contributed by atoms with Gasteiger partial charge in [-0.3, -0.25) is 0 Å². The number of hydrogen-bond donors (Lipinski definition) is 4. The lowest BCUT2D eigenvalue weighted by Gasteiger charge is -2.39. The van der Waals surface area contributed by atoms with Gasteiger partial charge in [-0.05, 0) is 0 Å². The van der Waals surface area contributed by atoms with Crippen molar-refractivity contribution in [2.24, 2.45) is 0 Å². The maximum absolute atomic E-state index is 9.67. The molecule has 6 nitrogen and oxygen atoms in total. The van der Waals surface area contributed by atoms with E-state index in [0.29, 0.717) is 0 Å². The van der Waals surface area contributed by atoms with Crippen molar-refractivity contribution in [3.8, 4) is 0 Å². The third-order valence-electron chi connectivity index (χ3n) is 2.38. The van der Waals surface area contributed by atoms with Gasteiger partial charge >= 0.3 is 0 Å². The van der Waals surface area contributed by atoms with Crippen molar-refractivity contribution in [2.45, 2.75) is 30.7 Å². The lowest BCUT2D eigenvalue weighted by Crippen LogP contribution is -2.61. The van der Waals surface area contributed by atoms with E-state index in [1.807, 2.05) is 0 Å². The zero-order valence-electron chi connectivity index (χ0n) is 8.20. The molecule has 1 fully saturated rings. The molecule has 1 aliphatic rings. The molecule has 0 saturated carbocycles. The predicted molar refractivity (Wildman–Crippen MR) is 46.7 cm³/mol. The molecule has 14 heavy (non-hydrogen) atoms. The van der Waals surface area contributed by atoms with E-state index in [-0.39, 0.29) is 0 Å². The Balaban J connectivity index is 2.78. The van der Waals surface area contributed by atoms with Crippen LogP contribution in [0.3, 0.4) is 0 Å². The van der Waals surface area contributed by atoms with Gasteiger partial charge in [-0.25, -0.2) is 0 Å². The summed E-state index contributed by atoms with van der Waals surface area (Å²) in [5.41, 5.74) is 0. The molecule has 0 aromatic heterocycles. The van der Waals surface area contributed by atoms with Crippen LogP contribution >= 0.6 is 0 Å². The highest BCUT2D eigenvalue weighted by atomic mass is 16.7. The lowest BCUT2D eigenvalue weighted by molar-refractivity contribution is -0.326. The Labute approximate surface area is 82.0 Å².